The topological polar surface area (TPSA) is 38.8 Å². The highest BCUT2D eigenvalue weighted by Gasteiger charge is 2.27. The Kier molecular flexibility index (Phi) is 4.72. The average molecular weight is 377 g/mol. The Morgan fingerprint density at radius 1 is 1.08 bits per heavy atom. The summed E-state index contributed by atoms with van der Waals surface area (Å²) in [6.07, 6.45) is 0.701. The zero-order valence-electron chi connectivity index (χ0n) is 13.9. The van der Waals surface area contributed by atoms with Crippen molar-refractivity contribution < 1.29 is 23.0 Å². The standard InChI is InChI=1S/C19H17F2NO3S/c20-13-2-1-3-14(21)18(13)19(23)22-7-6-17(26-9-8-22)12-4-5-15-16(10-12)25-11-24-15/h1-5,10,17H,6-9,11H2. The van der Waals surface area contributed by atoms with E-state index in [0.29, 0.717) is 25.3 Å². The molecule has 0 spiro atoms. The average Bonchev–Trinajstić information content (AvgIpc) is 2.96. The van der Waals surface area contributed by atoms with E-state index in [0.717, 1.165) is 29.2 Å². The lowest BCUT2D eigenvalue weighted by atomic mass is 10.1. The van der Waals surface area contributed by atoms with Crippen molar-refractivity contribution in [2.45, 2.75) is 11.7 Å². The molecule has 4 rings (SSSR count). The lowest BCUT2D eigenvalue weighted by Crippen LogP contribution is -2.34. The third kappa shape index (κ3) is 3.23. The normalized spacial score (nSPS) is 19.3. The second kappa shape index (κ2) is 7.15. The maximum absolute atomic E-state index is 13.9. The second-order valence-corrected chi connectivity index (χ2v) is 7.46. The zero-order chi connectivity index (χ0) is 18.1. The molecule has 4 nitrogen and oxygen atoms in total. The molecule has 136 valence electrons. The van der Waals surface area contributed by atoms with Crippen LogP contribution in [0.3, 0.4) is 0 Å². The van der Waals surface area contributed by atoms with E-state index in [9.17, 15) is 13.6 Å². The molecule has 0 aromatic heterocycles. The predicted molar refractivity (Wildman–Crippen MR) is 94.6 cm³/mol. The van der Waals surface area contributed by atoms with Crippen molar-refractivity contribution in [3.63, 3.8) is 0 Å². The number of thioether (sulfide) groups is 1. The first-order valence-corrected chi connectivity index (χ1v) is 9.43. The third-order valence-electron chi connectivity index (χ3n) is 4.57. The van der Waals surface area contributed by atoms with Gasteiger partial charge in [0.25, 0.3) is 5.91 Å². The van der Waals surface area contributed by atoms with Crippen molar-refractivity contribution in [1.82, 2.24) is 4.90 Å². The van der Waals surface area contributed by atoms with Gasteiger partial charge >= 0.3 is 0 Å². The van der Waals surface area contributed by atoms with Gasteiger partial charge in [0.2, 0.25) is 6.79 Å². The Hall–Kier alpha value is -2.28. The molecule has 26 heavy (non-hydrogen) atoms. The number of rotatable bonds is 2. The molecule has 2 aromatic carbocycles. The minimum absolute atomic E-state index is 0.188. The molecule has 2 aliphatic rings. The molecule has 0 radical (unpaired) electrons. The van der Waals surface area contributed by atoms with Gasteiger partial charge in [0, 0.05) is 24.1 Å². The van der Waals surface area contributed by atoms with Gasteiger partial charge in [-0.25, -0.2) is 8.78 Å². The van der Waals surface area contributed by atoms with Crippen molar-refractivity contribution in [1.29, 1.82) is 0 Å². The monoisotopic (exact) mass is 377 g/mol. The quantitative estimate of drug-likeness (QED) is 0.793. The van der Waals surface area contributed by atoms with Crippen LogP contribution in [-0.2, 0) is 0 Å². The largest absolute Gasteiger partial charge is 0.454 e. The summed E-state index contributed by atoms with van der Waals surface area (Å²) < 4.78 is 38.6. The van der Waals surface area contributed by atoms with E-state index in [4.69, 9.17) is 9.47 Å². The van der Waals surface area contributed by atoms with Crippen LogP contribution in [0.15, 0.2) is 36.4 Å². The van der Waals surface area contributed by atoms with Crippen LogP contribution >= 0.6 is 11.8 Å². The molecule has 2 aliphatic heterocycles. The lowest BCUT2D eigenvalue weighted by molar-refractivity contribution is 0.0756. The van der Waals surface area contributed by atoms with Gasteiger partial charge in [-0.05, 0) is 36.2 Å². The summed E-state index contributed by atoms with van der Waals surface area (Å²) in [7, 11) is 0. The highest BCUT2D eigenvalue weighted by Crippen LogP contribution is 2.40. The van der Waals surface area contributed by atoms with Gasteiger partial charge in [-0.1, -0.05) is 12.1 Å². The van der Waals surface area contributed by atoms with Crippen LogP contribution in [0.5, 0.6) is 11.5 Å². The Morgan fingerprint density at radius 2 is 1.85 bits per heavy atom. The first-order chi connectivity index (χ1) is 12.6. The fraction of sp³-hybridized carbons (Fsp3) is 0.316. The van der Waals surface area contributed by atoms with Gasteiger partial charge in [-0.2, -0.15) is 11.8 Å². The number of benzene rings is 2. The van der Waals surface area contributed by atoms with Crippen molar-refractivity contribution in [2.75, 3.05) is 25.6 Å². The Labute approximate surface area is 154 Å². The molecule has 7 heteroatoms. The summed E-state index contributed by atoms with van der Waals surface area (Å²) in [5.41, 5.74) is 0.629. The molecule has 0 aliphatic carbocycles. The van der Waals surface area contributed by atoms with Crippen molar-refractivity contribution >= 4 is 17.7 Å². The smallest absolute Gasteiger partial charge is 0.259 e. The molecule has 1 atom stereocenters. The highest BCUT2D eigenvalue weighted by molar-refractivity contribution is 7.99. The Bertz CT molecular complexity index is 825. The fourth-order valence-electron chi connectivity index (χ4n) is 3.21. The van der Waals surface area contributed by atoms with E-state index in [1.165, 1.54) is 11.0 Å². The lowest BCUT2D eigenvalue weighted by Gasteiger charge is -2.21. The molecule has 0 saturated carbocycles. The molecule has 1 unspecified atom stereocenters. The summed E-state index contributed by atoms with van der Waals surface area (Å²) in [5.74, 6) is -0.0696. The number of carbonyl (C=O) groups excluding carboxylic acids is 1. The number of hydrogen-bond acceptors (Lipinski definition) is 4. The Morgan fingerprint density at radius 3 is 2.65 bits per heavy atom. The number of nitrogens with zero attached hydrogens (tertiary/aromatic N) is 1. The number of fused-ring (bicyclic) bond motifs is 1. The minimum atomic E-state index is -0.820. The molecular formula is C19H17F2NO3S. The first-order valence-electron chi connectivity index (χ1n) is 8.38. The summed E-state index contributed by atoms with van der Waals surface area (Å²) in [6.45, 7) is 1.13. The predicted octanol–water partition coefficient (Wildman–Crippen LogP) is 4.01. The number of halogens is 2. The van der Waals surface area contributed by atoms with Crippen LogP contribution in [0.25, 0.3) is 0 Å². The van der Waals surface area contributed by atoms with Gasteiger partial charge < -0.3 is 14.4 Å². The van der Waals surface area contributed by atoms with Crippen molar-refractivity contribution in [3.05, 3.63) is 59.2 Å². The fourth-order valence-corrected chi connectivity index (χ4v) is 4.43. The van der Waals surface area contributed by atoms with E-state index in [1.54, 1.807) is 11.8 Å². The van der Waals surface area contributed by atoms with Crippen LogP contribution in [-0.4, -0.2) is 36.4 Å². The molecule has 0 N–H and O–H groups in total. The van der Waals surface area contributed by atoms with Crippen molar-refractivity contribution in [3.8, 4) is 11.5 Å². The van der Waals surface area contributed by atoms with Gasteiger partial charge in [-0.3, -0.25) is 4.79 Å². The van der Waals surface area contributed by atoms with Crippen molar-refractivity contribution in [2.24, 2.45) is 0 Å². The van der Waals surface area contributed by atoms with Crippen LogP contribution in [0.1, 0.15) is 27.6 Å². The van der Waals surface area contributed by atoms with Crippen LogP contribution in [0.2, 0.25) is 0 Å². The third-order valence-corrected chi connectivity index (χ3v) is 5.90. The van der Waals surface area contributed by atoms with E-state index in [1.807, 2.05) is 18.2 Å². The summed E-state index contributed by atoms with van der Waals surface area (Å²) >= 11 is 1.73. The SMILES string of the molecule is O=C(c1c(F)cccc1F)N1CCSC(c2ccc3c(c2)OCO3)CC1. The van der Waals surface area contributed by atoms with Gasteiger partial charge in [0.15, 0.2) is 11.5 Å². The molecule has 0 bridgehead atoms. The van der Waals surface area contributed by atoms with Gasteiger partial charge in [-0.15, -0.1) is 0 Å². The molecule has 1 fully saturated rings. The second-order valence-electron chi connectivity index (χ2n) is 6.15. The zero-order valence-corrected chi connectivity index (χ0v) is 14.7. The number of carbonyl (C=O) groups is 1. The van der Waals surface area contributed by atoms with Gasteiger partial charge in [0.05, 0.1) is 0 Å². The molecule has 1 amide bonds. The van der Waals surface area contributed by atoms with E-state index >= 15 is 0 Å². The summed E-state index contributed by atoms with van der Waals surface area (Å²) in [5, 5.41) is 0.188. The minimum Gasteiger partial charge on any atom is -0.454 e. The molecule has 1 saturated heterocycles. The van der Waals surface area contributed by atoms with E-state index in [-0.39, 0.29) is 12.0 Å². The molecule has 2 heterocycles. The number of amides is 1. The highest BCUT2D eigenvalue weighted by atomic mass is 32.2. The molecular weight excluding hydrogens is 360 g/mol. The van der Waals surface area contributed by atoms with E-state index < -0.39 is 23.1 Å². The first kappa shape index (κ1) is 17.1. The number of hydrogen-bond donors (Lipinski definition) is 0. The number of ether oxygens (including phenoxy) is 2. The summed E-state index contributed by atoms with van der Waals surface area (Å²) in [6, 6.07) is 9.33. The van der Waals surface area contributed by atoms with Gasteiger partial charge in [0.1, 0.15) is 17.2 Å². The summed E-state index contributed by atoms with van der Waals surface area (Å²) in [4.78, 5) is 14.1. The molecule has 2 aromatic rings. The maximum atomic E-state index is 13.9. The van der Waals surface area contributed by atoms with Crippen LogP contribution in [0, 0.1) is 11.6 Å². The maximum Gasteiger partial charge on any atom is 0.259 e. The van der Waals surface area contributed by atoms with Crippen LogP contribution < -0.4 is 9.47 Å². The Balaban J connectivity index is 1.49. The van der Waals surface area contributed by atoms with E-state index in [2.05, 4.69) is 0 Å². The van der Waals surface area contributed by atoms with Crippen LogP contribution in [0.4, 0.5) is 8.78 Å².